The zero-order valence-electron chi connectivity index (χ0n) is 29.9. The van der Waals surface area contributed by atoms with Gasteiger partial charge in [-0.1, -0.05) is 45.0 Å². The first-order valence-electron chi connectivity index (χ1n) is 17.9. The molecule has 4 atom stereocenters. The average molecular weight is 695 g/mol. The lowest BCUT2D eigenvalue weighted by Gasteiger charge is -2.35. The maximum absolute atomic E-state index is 14.5. The quantitative estimate of drug-likeness (QED) is 0.155. The Labute approximate surface area is 297 Å². The first-order valence-corrected chi connectivity index (χ1v) is 17.9. The molecular formula is C39H47FN8O3. The number of benzene rings is 2. The lowest BCUT2D eigenvalue weighted by Crippen LogP contribution is -2.41. The molecule has 2 amide bonds. The topological polar surface area (TPSA) is 122 Å². The van der Waals surface area contributed by atoms with E-state index in [0.29, 0.717) is 23.1 Å². The van der Waals surface area contributed by atoms with Crippen LogP contribution in [0.15, 0.2) is 66.9 Å². The minimum atomic E-state index is -0.497. The molecule has 0 spiro atoms. The third-order valence-electron chi connectivity index (χ3n) is 10.2. The molecule has 4 heterocycles. The zero-order valence-corrected chi connectivity index (χ0v) is 29.9. The highest BCUT2D eigenvalue weighted by Gasteiger charge is 2.33. The highest BCUT2D eigenvalue weighted by Crippen LogP contribution is 2.41. The zero-order chi connectivity index (χ0) is 35.9. The first kappa shape index (κ1) is 34.5. The number of fused-ring (bicyclic) bond motifs is 2. The number of carbonyl (C=O) groups excluding carboxylic acids is 1. The summed E-state index contributed by atoms with van der Waals surface area (Å²) in [6.07, 6.45) is 6.97. The highest BCUT2D eigenvalue weighted by atomic mass is 19.1. The van der Waals surface area contributed by atoms with Crippen LogP contribution >= 0.6 is 0 Å². The Morgan fingerprint density at radius 3 is 2.61 bits per heavy atom. The minimum absolute atomic E-state index is 0.0599. The van der Waals surface area contributed by atoms with Crippen molar-refractivity contribution in [3.8, 4) is 11.4 Å². The minimum Gasteiger partial charge on any atom is -0.484 e. The molecule has 1 unspecified atom stereocenters. The van der Waals surface area contributed by atoms with E-state index in [1.807, 2.05) is 62.6 Å². The van der Waals surface area contributed by atoms with E-state index < -0.39 is 5.82 Å². The van der Waals surface area contributed by atoms with Gasteiger partial charge in [0.1, 0.15) is 23.5 Å². The number of halogens is 1. The summed E-state index contributed by atoms with van der Waals surface area (Å²) in [5, 5.41) is 29.4. The number of aromatic nitrogens is 5. The molecule has 11 nitrogen and oxygen atoms in total. The van der Waals surface area contributed by atoms with Gasteiger partial charge in [0.05, 0.1) is 24.2 Å². The maximum atomic E-state index is 14.5. The Balaban J connectivity index is 1.08. The van der Waals surface area contributed by atoms with Gasteiger partial charge in [0.15, 0.2) is 5.65 Å². The van der Waals surface area contributed by atoms with Crippen molar-refractivity contribution in [2.45, 2.75) is 103 Å². The van der Waals surface area contributed by atoms with Crippen LogP contribution in [0.4, 0.5) is 21.0 Å². The van der Waals surface area contributed by atoms with E-state index in [4.69, 9.17) is 9.84 Å². The van der Waals surface area contributed by atoms with E-state index in [1.165, 1.54) is 23.2 Å². The molecule has 1 saturated heterocycles. The second-order valence-electron chi connectivity index (χ2n) is 15.0. The molecule has 2 aromatic carbocycles. The molecule has 1 fully saturated rings. The Morgan fingerprint density at radius 1 is 1.04 bits per heavy atom. The Kier molecular flexibility index (Phi) is 9.45. The van der Waals surface area contributed by atoms with Crippen molar-refractivity contribution < 1.29 is 19.0 Å². The third kappa shape index (κ3) is 7.14. The van der Waals surface area contributed by atoms with Crippen LogP contribution in [0.25, 0.3) is 11.3 Å². The molecule has 268 valence electrons. The standard InChI is InChI=1S/C39H47FN8O3/c1-24-10-8-9-17-46(24)38-44-43-35-16-13-29(22-47(35)38)51-33-15-14-30(31-11-6-7-12-32(31)33)25(2)41-37(50)42-36-21-34(39(3,4)5)45-48(36)28-19-26(23-49)18-27(40)20-28/h6-7,11-13,16,18-22,24-25,30,33,49H,8-10,14-15,17,23H2,1-5H3,(H2,41,42,50)/t24-,25-,30?,33+/m0/s1. The van der Waals surface area contributed by atoms with Crippen LogP contribution < -0.4 is 20.3 Å². The van der Waals surface area contributed by atoms with Crippen LogP contribution in [-0.2, 0) is 12.0 Å². The number of nitrogens with zero attached hydrogens (tertiary/aromatic N) is 6. The lowest BCUT2D eigenvalue weighted by molar-refractivity contribution is 0.171. The number of carbonyl (C=O) groups is 1. The van der Waals surface area contributed by atoms with E-state index in [2.05, 4.69) is 44.8 Å². The van der Waals surface area contributed by atoms with Gasteiger partial charge in [-0.15, -0.1) is 10.2 Å². The fraction of sp³-hybridized carbons (Fsp3) is 0.436. The van der Waals surface area contributed by atoms with Gasteiger partial charge in [-0.05, 0) is 93.0 Å². The highest BCUT2D eigenvalue weighted by molar-refractivity contribution is 5.89. The predicted molar refractivity (Wildman–Crippen MR) is 195 cm³/mol. The van der Waals surface area contributed by atoms with E-state index in [-0.39, 0.29) is 36.1 Å². The van der Waals surface area contributed by atoms with Gasteiger partial charge in [-0.25, -0.2) is 13.9 Å². The molecule has 5 aromatic rings. The predicted octanol–water partition coefficient (Wildman–Crippen LogP) is 7.43. The van der Waals surface area contributed by atoms with Crippen LogP contribution in [-0.4, -0.2) is 54.1 Å². The summed E-state index contributed by atoms with van der Waals surface area (Å²) in [6, 6.07) is 18.1. The summed E-state index contributed by atoms with van der Waals surface area (Å²) in [6.45, 7) is 11.0. The molecule has 0 bridgehead atoms. The first-order chi connectivity index (χ1) is 24.5. The average Bonchev–Trinajstić information content (AvgIpc) is 3.73. The Morgan fingerprint density at radius 2 is 1.84 bits per heavy atom. The normalized spacial score (nSPS) is 19.8. The van der Waals surface area contributed by atoms with E-state index in [0.717, 1.165) is 66.4 Å². The van der Waals surface area contributed by atoms with Crippen molar-refractivity contribution in [3.05, 3.63) is 95.1 Å². The second kappa shape index (κ2) is 14.0. The summed E-state index contributed by atoms with van der Waals surface area (Å²) in [5.41, 5.74) is 4.27. The number of aliphatic hydroxyl groups is 1. The van der Waals surface area contributed by atoms with Crippen molar-refractivity contribution in [2.24, 2.45) is 0 Å². The smallest absolute Gasteiger partial charge is 0.320 e. The molecular weight excluding hydrogens is 647 g/mol. The van der Waals surface area contributed by atoms with Gasteiger partial charge in [0.25, 0.3) is 0 Å². The number of hydrogen-bond donors (Lipinski definition) is 3. The van der Waals surface area contributed by atoms with Crippen LogP contribution in [0, 0.1) is 5.82 Å². The molecule has 2 aliphatic rings. The number of hydrogen-bond acceptors (Lipinski definition) is 7. The molecule has 3 aromatic heterocycles. The summed E-state index contributed by atoms with van der Waals surface area (Å²) in [7, 11) is 0. The monoisotopic (exact) mass is 694 g/mol. The number of pyridine rings is 1. The van der Waals surface area contributed by atoms with Crippen LogP contribution in [0.5, 0.6) is 5.75 Å². The van der Waals surface area contributed by atoms with Crippen molar-refractivity contribution in [2.75, 3.05) is 16.8 Å². The number of anilines is 2. The van der Waals surface area contributed by atoms with E-state index in [9.17, 15) is 14.3 Å². The van der Waals surface area contributed by atoms with E-state index >= 15 is 0 Å². The molecule has 51 heavy (non-hydrogen) atoms. The Bertz CT molecular complexity index is 2030. The number of urea groups is 1. The van der Waals surface area contributed by atoms with Crippen molar-refractivity contribution in [3.63, 3.8) is 0 Å². The van der Waals surface area contributed by atoms with Gasteiger partial charge in [0.2, 0.25) is 5.95 Å². The molecule has 1 aliphatic heterocycles. The van der Waals surface area contributed by atoms with E-state index in [1.54, 1.807) is 12.1 Å². The fourth-order valence-corrected chi connectivity index (χ4v) is 7.45. The van der Waals surface area contributed by atoms with Gasteiger partial charge in [-0.2, -0.15) is 5.10 Å². The number of nitrogens with one attached hydrogen (secondary N) is 2. The van der Waals surface area contributed by atoms with Gasteiger partial charge >= 0.3 is 6.03 Å². The largest absolute Gasteiger partial charge is 0.484 e. The Hall–Kier alpha value is -4.97. The summed E-state index contributed by atoms with van der Waals surface area (Å²) >= 11 is 0. The number of ether oxygens (including phenoxy) is 1. The summed E-state index contributed by atoms with van der Waals surface area (Å²) < 4.78 is 24.7. The molecule has 3 N–H and O–H groups in total. The molecule has 0 radical (unpaired) electrons. The number of aliphatic hydroxyl groups excluding tert-OH is 1. The molecule has 12 heteroatoms. The molecule has 7 rings (SSSR count). The van der Waals surface area contributed by atoms with Crippen molar-refractivity contribution in [1.29, 1.82) is 0 Å². The summed E-state index contributed by atoms with van der Waals surface area (Å²) in [5.74, 6) is 1.58. The number of rotatable bonds is 8. The second-order valence-corrected chi connectivity index (χ2v) is 15.0. The van der Waals surface area contributed by atoms with Crippen LogP contribution in [0.3, 0.4) is 0 Å². The third-order valence-corrected chi connectivity index (χ3v) is 10.2. The van der Waals surface area contributed by atoms with Gasteiger partial charge in [0, 0.05) is 36.0 Å². The molecule has 1 aliphatic carbocycles. The number of amides is 2. The number of piperidine rings is 1. The van der Waals surface area contributed by atoms with Crippen molar-refractivity contribution in [1.82, 2.24) is 29.7 Å². The van der Waals surface area contributed by atoms with Gasteiger partial charge < -0.3 is 20.1 Å². The van der Waals surface area contributed by atoms with Crippen molar-refractivity contribution >= 4 is 23.4 Å². The van der Waals surface area contributed by atoms with Gasteiger partial charge in [-0.3, -0.25) is 9.72 Å². The lowest BCUT2D eigenvalue weighted by atomic mass is 9.78. The summed E-state index contributed by atoms with van der Waals surface area (Å²) in [4.78, 5) is 15.9. The fourth-order valence-electron chi connectivity index (χ4n) is 7.45. The maximum Gasteiger partial charge on any atom is 0.320 e. The van der Waals surface area contributed by atoms with Crippen LogP contribution in [0.2, 0.25) is 0 Å². The SMILES string of the molecule is C[C@H](NC(=O)Nc1cc(C(C)(C)C)nn1-c1cc(F)cc(CO)c1)C1CC[C@@H](Oc2ccc3nnc(N4CCCC[C@@H]4C)n3c2)c2ccccc21. The van der Waals surface area contributed by atoms with Crippen LogP contribution in [0.1, 0.15) is 101 Å². The molecule has 0 saturated carbocycles.